The van der Waals surface area contributed by atoms with E-state index in [1.165, 1.54) is 12.1 Å². The van der Waals surface area contributed by atoms with Gasteiger partial charge in [0, 0.05) is 22.5 Å². The Hall–Kier alpha value is -0.650. The summed E-state index contributed by atoms with van der Waals surface area (Å²) in [6.07, 6.45) is -0.987. The lowest BCUT2D eigenvalue weighted by Gasteiger charge is -2.24. The molecule has 0 spiro atoms. The molecule has 0 heterocycles. The van der Waals surface area contributed by atoms with Crippen molar-refractivity contribution in [2.75, 3.05) is 6.54 Å². The van der Waals surface area contributed by atoms with Crippen molar-refractivity contribution in [2.24, 2.45) is 5.73 Å². The number of aliphatic hydroxyl groups excluding tert-OH is 1. The predicted molar refractivity (Wildman–Crippen MR) is 87.3 cm³/mol. The van der Waals surface area contributed by atoms with E-state index < -0.39 is 17.8 Å². The van der Waals surface area contributed by atoms with E-state index >= 15 is 0 Å². The topological polar surface area (TPSA) is 46.2 Å². The summed E-state index contributed by atoms with van der Waals surface area (Å²) in [5.41, 5.74) is 6.88. The number of benzene rings is 2. The zero-order chi connectivity index (χ0) is 15.6. The highest BCUT2D eigenvalue weighted by atomic mass is 79.9. The fourth-order valence-corrected chi connectivity index (χ4v) is 3.24. The second-order valence-electron chi connectivity index (χ2n) is 4.60. The average Bonchev–Trinajstić information content (AvgIpc) is 2.44. The van der Waals surface area contributed by atoms with Crippen LogP contribution in [0.1, 0.15) is 23.1 Å². The number of rotatable bonds is 4. The molecule has 3 N–H and O–H groups in total. The minimum absolute atomic E-state index is 0.158. The van der Waals surface area contributed by atoms with Crippen LogP contribution in [0.5, 0.6) is 0 Å². The zero-order valence-corrected chi connectivity index (χ0v) is 14.0. The van der Waals surface area contributed by atoms with Gasteiger partial charge in [-0.2, -0.15) is 0 Å². The van der Waals surface area contributed by atoms with Crippen LogP contribution in [0.4, 0.5) is 4.39 Å². The highest BCUT2D eigenvalue weighted by Crippen LogP contribution is 2.38. The minimum atomic E-state index is -0.987. The van der Waals surface area contributed by atoms with Gasteiger partial charge in [-0.3, -0.25) is 0 Å². The van der Waals surface area contributed by atoms with Gasteiger partial charge >= 0.3 is 0 Å². The summed E-state index contributed by atoms with van der Waals surface area (Å²) in [6.45, 7) is 0.158. The smallest absolute Gasteiger partial charge is 0.137 e. The van der Waals surface area contributed by atoms with Crippen LogP contribution >= 0.6 is 39.1 Å². The molecule has 112 valence electrons. The molecule has 2 nitrogen and oxygen atoms in total. The normalized spacial score (nSPS) is 14.0. The van der Waals surface area contributed by atoms with Gasteiger partial charge in [0.15, 0.2) is 0 Å². The Kier molecular flexibility index (Phi) is 5.63. The van der Waals surface area contributed by atoms with Crippen LogP contribution in [0, 0.1) is 5.82 Å². The minimum Gasteiger partial charge on any atom is -0.388 e. The molecule has 0 aliphatic carbocycles. The number of aliphatic hydroxyl groups is 1. The van der Waals surface area contributed by atoms with Crippen molar-refractivity contribution in [3.05, 3.63) is 67.9 Å². The first kappa shape index (κ1) is 16.7. The molecule has 0 bridgehead atoms. The van der Waals surface area contributed by atoms with E-state index in [0.717, 1.165) is 0 Å². The third-order valence-electron chi connectivity index (χ3n) is 3.30. The van der Waals surface area contributed by atoms with Crippen molar-refractivity contribution in [3.63, 3.8) is 0 Å². The molecule has 0 aromatic heterocycles. The molecular weight excluding hydrogens is 380 g/mol. The molecule has 0 fully saturated rings. The van der Waals surface area contributed by atoms with Crippen LogP contribution in [0.25, 0.3) is 0 Å². The molecule has 2 atom stereocenters. The van der Waals surface area contributed by atoms with Gasteiger partial charge in [0.2, 0.25) is 0 Å². The zero-order valence-electron chi connectivity index (χ0n) is 10.9. The van der Waals surface area contributed by atoms with Crippen molar-refractivity contribution in [1.29, 1.82) is 0 Å². The summed E-state index contributed by atoms with van der Waals surface area (Å²) in [6, 6.07) is 9.48. The first-order chi connectivity index (χ1) is 9.95. The van der Waals surface area contributed by atoms with Gasteiger partial charge in [0.1, 0.15) is 5.82 Å². The lowest BCUT2D eigenvalue weighted by Crippen LogP contribution is -2.21. The maximum atomic E-state index is 13.6. The number of hydrogen-bond donors (Lipinski definition) is 2. The molecule has 0 saturated carbocycles. The highest BCUT2D eigenvalue weighted by Gasteiger charge is 2.26. The van der Waals surface area contributed by atoms with Crippen LogP contribution < -0.4 is 5.73 Å². The van der Waals surface area contributed by atoms with Crippen molar-refractivity contribution in [3.8, 4) is 0 Å². The molecule has 0 radical (unpaired) electrons. The van der Waals surface area contributed by atoms with Gasteiger partial charge in [0.05, 0.1) is 10.6 Å². The molecule has 2 unspecified atom stereocenters. The molecule has 21 heavy (non-hydrogen) atoms. The summed E-state index contributed by atoms with van der Waals surface area (Å²) < 4.78 is 13.8. The molecule has 0 amide bonds. The van der Waals surface area contributed by atoms with Gasteiger partial charge in [-0.15, -0.1) is 0 Å². The maximum Gasteiger partial charge on any atom is 0.137 e. The summed E-state index contributed by atoms with van der Waals surface area (Å²) in [5, 5.41) is 11.5. The van der Waals surface area contributed by atoms with Gasteiger partial charge in [-0.05, 0) is 45.3 Å². The van der Waals surface area contributed by atoms with E-state index in [1.54, 1.807) is 24.3 Å². The molecule has 0 saturated heterocycles. The Morgan fingerprint density at radius 1 is 1.19 bits per heavy atom. The second kappa shape index (κ2) is 7.07. The third kappa shape index (κ3) is 3.58. The van der Waals surface area contributed by atoms with Gasteiger partial charge in [0.25, 0.3) is 0 Å². The molecular formula is C15H13BrCl2FNO. The third-order valence-corrected chi connectivity index (χ3v) is 4.70. The van der Waals surface area contributed by atoms with E-state index in [9.17, 15) is 9.50 Å². The van der Waals surface area contributed by atoms with Crippen LogP contribution in [0.3, 0.4) is 0 Å². The Bertz CT molecular complexity index is 654. The first-order valence-corrected chi connectivity index (χ1v) is 7.77. The van der Waals surface area contributed by atoms with Crippen LogP contribution in [-0.4, -0.2) is 11.7 Å². The van der Waals surface area contributed by atoms with Gasteiger partial charge in [-0.1, -0.05) is 41.4 Å². The number of nitrogens with two attached hydrogens (primary N) is 1. The Labute approximate surface area is 140 Å². The Morgan fingerprint density at radius 3 is 2.52 bits per heavy atom. The lowest BCUT2D eigenvalue weighted by atomic mass is 9.89. The van der Waals surface area contributed by atoms with Crippen LogP contribution in [-0.2, 0) is 0 Å². The van der Waals surface area contributed by atoms with Gasteiger partial charge < -0.3 is 10.8 Å². The van der Waals surface area contributed by atoms with E-state index in [2.05, 4.69) is 15.9 Å². The van der Waals surface area contributed by atoms with E-state index in [4.69, 9.17) is 28.9 Å². The van der Waals surface area contributed by atoms with Crippen molar-refractivity contribution in [1.82, 2.24) is 0 Å². The summed E-state index contributed by atoms with van der Waals surface area (Å²) in [4.78, 5) is 0. The largest absolute Gasteiger partial charge is 0.388 e. The lowest BCUT2D eigenvalue weighted by molar-refractivity contribution is 0.146. The maximum absolute atomic E-state index is 13.6. The molecule has 2 rings (SSSR count). The Balaban J connectivity index is 2.43. The molecule has 0 aliphatic rings. The molecule has 6 heteroatoms. The molecule has 2 aromatic rings. The summed E-state index contributed by atoms with van der Waals surface area (Å²) in [5.74, 6) is -0.905. The standard InChI is InChI=1S/C15H13BrCl2FNO/c16-14-10(2-1-3-13(14)19)15(21)11(7-20)9-5-4-8(17)6-12(9)18/h1-6,11,15,21H,7,20H2. The SMILES string of the molecule is NCC(c1ccc(Cl)cc1Cl)C(O)c1cccc(F)c1Br. The highest BCUT2D eigenvalue weighted by molar-refractivity contribution is 9.10. The first-order valence-electron chi connectivity index (χ1n) is 6.22. The van der Waals surface area contributed by atoms with E-state index in [-0.39, 0.29) is 11.0 Å². The quantitative estimate of drug-likeness (QED) is 0.793. The monoisotopic (exact) mass is 391 g/mol. The Morgan fingerprint density at radius 2 is 1.90 bits per heavy atom. The summed E-state index contributed by atoms with van der Waals surface area (Å²) in [7, 11) is 0. The van der Waals surface area contributed by atoms with Crippen LogP contribution in [0.15, 0.2) is 40.9 Å². The fourth-order valence-electron chi connectivity index (χ4n) is 2.19. The van der Waals surface area contributed by atoms with Gasteiger partial charge in [-0.25, -0.2) is 4.39 Å². The number of hydrogen-bond acceptors (Lipinski definition) is 2. The van der Waals surface area contributed by atoms with E-state index in [1.807, 2.05) is 0 Å². The fraction of sp³-hybridized carbons (Fsp3) is 0.200. The number of halogens is 4. The average molecular weight is 393 g/mol. The summed E-state index contributed by atoms with van der Waals surface area (Å²) >= 11 is 15.2. The second-order valence-corrected chi connectivity index (χ2v) is 6.23. The molecule has 0 aliphatic heterocycles. The van der Waals surface area contributed by atoms with E-state index in [0.29, 0.717) is 21.2 Å². The van der Waals surface area contributed by atoms with Crippen LogP contribution in [0.2, 0.25) is 10.0 Å². The van der Waals surface area contributed by atoms with Crippen molar-refractivity contribution >= 4 is 39.1 Å². The predicted octanol–water partition coefficient (Wildman–Crippen LogP) is 4.67. The van der Waals surface area contributed by atoms with Crippen molar-refractivity contribution < 1.29 is 9.50 Å². The molecule has 2 aromatic carbocycles. The van der Waals surface area contributed by atoms with Crippen molar-refractivity contribution in [2.45, 2.75) is 12.0 Å².